The minimum absolute atomic E-state index is 0.129. The van der Waals surface area contributed by atoms with Gasteiger partial charge in [-0.05, 0) is 36.8 Å². The number of aromatic nitrogens is 1. The van der Waals surface area contributed by atoms with Crippen LogP contribution in [0.5, 0.6) is 0 Å². The highest BCUT2D eigenvalue weighted by atomic mass is 35.5. The van der Waals surface area contributed by atoms with Crippen molar-refractivity contribution in [1.29, 1.82) is 5.26 Å². The van der Waals surface area contributed by atoms with Crippen LogP contribution >= 0.6 is 11.6 Å². The molecule has 0 aliphatic rings. The molecule has 2 aromatic carbocycles. The molecular formula is C17H11ClN2O. The summed E-state index contributed by atoms with van der Waals surface area (Å²) in [7, 11) is 0. The summed E-state index contributed by atoms with van der Waals surface area (Å²) < 4.78 is 0. The summed E-state index contributed by atoms with van der Waals surface area (Å²) in [6, 6.07) is 12.7. The molecule has 0 unspecified atom stereocenters. The normalized spacial score (nSPS) is 10.5. The van der Waals surface area contributed by atoms with Gasteiger partial charge in [0.1, 0.15) is 0 Å². The molecule has 3 rings (SSSR count). The minimum Gasteiger partial charge on any atom is -0.360 e. The summed E-state index contributed by atoms with van der Waals surface area (Å²) in [6.07, 6.45) is 1.66. The van der Waals surface area contributed by atoms with Gasteiger partial charge in [-0.3, -0.25) is 4.79 Å². The molecule has 102 valence electrons. The number of halogens is 1. The molecule has 0 aliphatic carbocycles. The Morgan fingerprint density at radius 2 is 2.00 bits per heavy atom. The van der Waals surface area contributed by atoms with E-state index in [9.17, 15) is 4.79 Å². The third-order valence-corrected chi connectivity index (χ3v) is 3.74. The van der Waals surface area contributed by atoms with Gasteiger partial charge >= 0.3 is 0 Å². The maximum Gasteiger partial charge on any atom is 0.196 e. The smallest absolute Gasteiger partial charge is 0.196 e. The van der Waals surface area contributed by atoms with Gasteiger partial charge in [-0.1, -0.05) is 23.7 Å². The Bertz CT molecular complexity index is 903. The maximum atomic E-state index is 12.6. The van der Waals surface area contributed by atoms with Gasteiger partial charge in [-0.25, -0.2) is 0 Å². The van der Waals surface area contributed by atoms with Gasteiger partial charge in [0.2, 0.25) is 0 Å². The molecule has 0 radical (unpaired) electrons. The zero-order valence-corrected chi connectivity index (χ0v) is 12.0. The second-order valence-electron chi connectivity index (χ2n) is 4.89. The largest absolute Gasteiger partial charge is 0.360 e. The zero-order chi connectivity index (χ0) is 15.0. The summed E-state index contributed by atoms with van der Waals surface area (Å²) >= 11 is 6.17. The molecular weight excluding hydrogens is 284 g/mol. The van der Waals surface area contributed by atoms with Crippen LogP contribution in [0.4, 0.5) is 0 Å². The molecule has 0 fully saturated rings. The van der Waals surface area contributed by atoms with E-state index in [1.807, 2.05) is 13.0 Å². The third-order valence-electron chi connectivity index (χ3n) is 3.42. The highest BCUT2D eigenvalue weighted by Crippen LogP contribution is 2.26. The lowest BCUT2D eigenvalue weighted by molar-refractivity contribution is 0.104. The van der Waals surface area contributed by atoms with Crippen molar-refractivity contribution in [3.63, 3.8) is 0 Å². The molecule has 3 aromatic rings. The summed E-state index contributed by atoms with van der Waals surface area (Å²) in [5, 5.41) is 10.1. The van der Waals surface area contributed by atoms with Crippen LogP contribution in [0.2, 0.25) is 5.02 Å². The summed E-state index contributed by atoms with van der Waals surface area (Å²) in [5.74, 6) is -0.129. The fourth-order valence-electron chi connectivity index (χ4n) is 2.33. The van der Waals surface area contributed by atoms with E-state index in [1.54, 1.807) is 36.5 Å². The van der Waals surface area contributed by atoms with Crippen molar-refractivity contribution >= 4 is 28.3 Å². The monoisotopic (exact) mass is 294 g/mol. The highest BCUT2D eigenvalue weighted by molar-refractivity contribution is 6.35. The number of H-pyrrole nitrogens is 1. The van der Waals surface area contributed by atoms with E-state index in [4.69, 9.17) is 16.9 Å². The molecule has 0 bridgehead atoms. The first-order valence-corrected chi connectivity index (χ1v) is 6.80. The number of hydrogen-bond acceptors (Lipinski definition) is 2. The average molecular weight is 295 g/mol. The van der Waals surface area contributed by atoms with Gasteiger partial charge < -0.3 is 4.98 Å². The Balaban J connectivity index is 2.12. The molecule has 1 N–H and O–H groups in total. The first-order chi connectivity index (χ1) is 10.1. The molecule has 1 heterocycles. The van der Waals surface area contributed by atoms with E-state index >= 15 is 0 Å². The zero-order valence-electron chi connectivity index (χ0n) is 11.3. The topological polar surface area (TPSA) is 56.6 Å². The van der Waals surface area contributed by atoms with Gasteiger partial charge in [-0.2, -0.15) is 5.26 Å². The molecule has 21 heavy (non-hydrogen) atoms. The molecule has 0 atom stereocenters. The second kappa shape index (κ2) is 5.08. The molecule has 3 nitrogen and oxygen atoms in total. The third kappa shape index (κ3) is 2.31. The number of carbonyl (C=O) groups is 1. The Labute approximate surface area is 126 Å². The Hall–Kier alpha value is -2.57. The Morgan fingerprint density at radius 1 is 1.19 bits per heavy atom. The van der Waals surface area contributed by atoms with Crippen molar-refractivity contribution in [2.75, 3.05) is 0 Å². The Morgan fingerprint density at radius 3 is 2.71 bits per heavy atom. The molecule has 0 aliphatic heterocycles. The lowest BCUT2D eigenvalue weighted by atomic mass is 10.0. The van der Waals surface area contributed by atoms with Crippen LogP contribution in [0, 0.1) is 18.3 Å². The van der Waals surface area contributed by atoms with Crippen LogP contribution in [0.15, 0.2) is 42.6 Å². The van der Waals surface area contributed by atoms with E-state index in [0.29, 0.717) is 21.7 Å². The average Bonchev–Trinajstić information content (AvgIpc) is 2.89. The Kier molecular flexibility index (Phi) is 3.25. The predicted molar refractivity (Wildman–Crippen MR) is 82.6 cm³/mol. The van der Waals surface area contributed by atoms with Crippen LogP contribution in [-0.2, 0) is 0 Å². The van der Waals surface area contributed by atoms with E-state index in [1.165, 1.54) is 0 Å². The number of nitrogens with zero attached hydrogens (tertiary/aromatic N) is 1. The molecule has 0 saturated carbocycles. The molecule has 0 spiro atoms. The number of nitriles is 1. The van der Waals surface area contributed by atoms with Crippen molar-refractivity contribution in [2.45, 2.75) is 6.92 Å². The van der Waals surface area contributed by atoms with Crippen molar-refractivity contribution in [2.24, 2.45) is 0 Å². The summed E-state index contributed by atoms with van der Waals surface area (Å²) in [5.41, 5.74) is 3.36. The van der Waals surface area contributed by atoms with Gasteiger partial charge in [-0.15, -0.1) is 0 Å². The number of rotatable bonds is 2. The van der Waals surface area contributed by atoms with Crippen LogP contribution in [0.1, 0.15) is 27.0 Å². The summed E-state index contributed by atoms with van der Waals surface area (Å²) in [6.45, 7) is 1.93. The number of ketones is 1. The highest BCUT2D eigenvalue weighted by Gasteiger charge is 2.17. The lowest BCUT2D eigenvalue weighted by Gasteiger charge is -2.04. The molecule has 0 amide bonds. The minimum atomic E-state index is -0.129. The fraction of sp³-hybridized carbons (Fsp3) is 0.0588. The SMILES string of the molecule is Cc1ccc(C(=O)c2c[nH]c3cc(C#N)ccc23)c(Cl)c1. The van der Waals surface area contributed by atoms with Crippen LogP contribution < -0.4 is 0 Å². The van der Waals surface area contributed by atoms with Crippen molar-refractivity contribution < 1.29 is 4.79 Å². The van der Waals surface area contributed by atoms with Crippen LogP contribution in [0.25, 0.3) is 10.9 Å². The van der Waals surface area contributed by atoms with E-state index < -0.39 is 0 Å². The van der Waals surface area contributed by atoms with Crippen molar-refractivity contribution in [3.8, 4) is 6.07 Å². The quantitative estimate of drug-likeness (QED) is 0.719. The number of aryl methyl sites for hydroxylation is 1. The number of nitrogens with one attached hydrogen (secondary N) is 1. The van der Waals surface area contributed by atoms with Gasteiger partial charge in [0, 0.05) is 28.2 Å². The first kappa shape index (κ1) is 13.4. The van der Waals surface area contributed by atoms with Crippen LogP contribution in [0.3, 0.4) is 0 Å². The lowest BCUT2D eigenvalue weighted by Crippen LogP contribution is -2.01. The van der Waals surface area contributed by atoms with Crippen molar-refractivity contribution in [1.82, 2.24) is 4.98 Å². The number of benzene rings is 2. The number of aromatic amines is 1. The maximum absolute atomic E-state index is 12.6. The molecule has 1 aromatic heterocycles. The van der Waals surface area contributed by atoms with E-state index in [0.717, 1.165) is 16.5 Å². The van der Waals surface area contributed by atoms with Gasteiger partial charge in [0.05, 0.1) is 16.7 Å². The van der Waals surface area contributed by atoms with Gasteiger partial charge in [0.25, 0.3) is 0 Å². The number of hydrogen-bond donors (Lipinski definition) is 1. The number of carbonyl (C=O) groups excluding carboxylic acids is 1. The second-order valence-corrected chi connectivity index (χ2v) is 5.29. The van der Waals surface area contributed by atoms with Crippen molar-refractivity contribution in [3.05, 3.63) is 69.9 Å². The van der Waals surface area contributed by atoms with Crippen LogP contribution in [-0.4, -0.2) is 10.8 Å². The van der Waals surface area contributed by atoms with Gasteiger partial charge in [0.15, 0.2) is 5.78 Å². The predicted octanol–water partition coefficient (Wildman–Crippen LogP) is 4.23. The van der Waals surface area contributed by atoms with E-state index in [2.05, 4.69) is 11.1 Å². The van der Waals surface area contributed by atoms with E-state index in [-0.39, 0.29) is 5.78 Å². The first-order valence-electron chi connectivity index (χ1n) is 6.42. The molecule has 0 saturated heterocycles. The standard InChI is InChI=1S/C17H11ClN2O/c1-10-2-4-13(15(18)6-10)17(21)14-9-20-16-7-11(8-19)3-5-12(14)16/h2-7,9,20H,1H3. The number of fused-ring (bicyclic) bond motifs is 1. The fourth-order valence-corrected chi connectivity index (χ4v) is 2.65. The summed E-state index contributed by atoms with van der Waals surface area (Å²) in [4.78, 5) is 15.7. The molecule has 4 heteroatoms.